The van der Waals surface area contributed by atoms with Crippen molar-refractivity contribution in [1.82, 2.24) is 0 Å². The van der Waals surface area contributed by atoms with Gasteiger partial charge < -0.3 is 15.0 Å². The number of aryl methyl sites for hydroxylation is 2. The summed E-state index contributed by atoms with van der Waals surface area (Å²) < 4.78 is 5.11. The summed E-state index contributed by atoms with van der Waals surface area (Å²) in [4.78, 5) is 25.8. The zero-order valence-corrected chi connectivity index (χ0v) is 15.5. The second-order valence-corrected chi connectivity index (χ2v) is 6.20. The fourth-order valence-corrected chi connectivity index (χ4v) is 2.91. The molecule has 0 bridgehead atoms. The van der Waals surface area contributed by atoms with Gasteiger partial charge in [-0.15, -0.1) is 0 Å². The average molecular weight is 361 g/mol. The van der Waals surface area contributed by atoms with Crippen molar-refractivity contribution < 1.29 is 14.3 Å². The first-order valence-electron chi connectivity index (χ1n) is 7.80. The molecule has 132 valence electrons. The van der Waals surface area contributed by atoms with Crippen LogP contribution in [0.2, 0.25) is 5.02 Å². The summed E-state index contributed by atoms with van der Waals surface area (Å²) in [5.41, 5.74) is 3.08. The van der Waals surface area contributed by atoms with Crippen molar-refractivity contribution in [2.75, 3.05) is 23.9 Å². The van der Waals surface area contributed by atoms with Gasteiger partial charge in [0.2, 0.25) is 11.8 Å². The number of carbonyl (C=O) groups is 2. The molecular weight excluding hydrogens is 340 g/mol. The van der Waals surface area contributed by atoms with Gasteiger partial charge in [0, 0.05) is 12.6 Å². The van der Waals surface area contributed by atoms with Gasteiger partial charge in [-0.2, -0.15) is 0 Å². The Bertz CT molecular complexity index is 765. The molecule has 0 aromatic heterocycles. The van der Waals surface area contributed by atoms with Crippen molar-refractivity contribution in [1.29, 1.82) is 0 Å². The van der Waals surface area contributed by atoms with E-state index in [1.807, 2.05) is 19.9 Å². The lowest BCUT2D eigenvalue weighted by Gasteiger charge is -2.21. The van der Waals surface area contributed by atoms with Crippen LogP contribution in [0.1, 0.15) is 18.1 Å². The largest absolute Gasteiger partial charge is 0.497 e. The zero-order valence-electron chi connectivity index (χ0n) is 14.7. The molecule has 2 rings (SSSR count). The third-order valence-electron chi connectivity index (χ3n) is 3.76. The number of hydrogen-bond acceptors (Lipinski definition) is 3. The summed E-state index contributed by atoms with van der Waals surface area (Å²) in [5.74, 6) is 0.130. The van der Waals surface area contributed by atoms with E-state index in [0.717, 1.165) is 11.1 Å². The van der Waals surface area contributed by atoms with Gasteiger partial charge in [0.15, 0.2) is 0 Å². The van der Waals surface area contributed by atoms with E-state index < -0.39 is 0 Å². The summed E-state index contributed by atoms with van der Waals surface area (Å²) >= 11 is 6.22. The van der Waals surface area contributed by atoms with Crippen LogP contribution in [-0.4, -0.2) is 25.5 Å². The summed E-state index contributed by atoms with van der Waals surface area (Å²) in [7, 11) is 1.57. The molecule has 5 nitrogen and oxygen atoms in total. The highest BCUT2D eigenvalue weighted by Gasteiger charge is 2.17. The van der Waals surface area contributed by atoms with Gasteiger partial charge in [0.05, 0.1) is 17.8 Å². The lowest BCUT2D eigenvalue weighted by atomic mass is 10.1. The molecule has 0 heterocycles. The van der Waals surface area contributed by atoms with Crippen LogP contribution >= 0.6 is 11.6 Å². The fourth-order valence-electron chi connectivity index (χ4n) is 2.54. The quantitative estimate of drug-likeness (QED) is 0.878. The van der Waals surface area contributed by atoms with E-state index in [2.05, 4.69) is 5.32 Å². The minimum Gasteiger partial charge on any atom is -0.497 e. The van der Waals surface area contributed by atoms with Gasteiger partial charge in [-0.25, -0.2) is 0 Å². The molecule has 0 saturated carbocycles. The number of hydrogen-bond donors (Lipinski definition) is 1. The van der Waals surface area contributed by atoms with Crippen LogP contribution in [0.15, 0.2) is 36.4 Å². The minimum absolute atomic E-state index is 0.106. The number of nitrogens with zero attached hydrogens (tertiary/aromatic N) is 1. The Morgan fingerprint density at radius 2 is 1.80 bits per heavy atom. The van der Waals surface area contributed by atoms with Crippen LogP contribution in [0.5, 0.6) is 5.75 Å². The molecule has 2 aromatic carbocycles. The summed E-state index contributed by atoms with van der Waals surface area (Å²) in [6.45, 7) is 5.12. The van der Waals surface area contributed by atoms with Crippen molar-refractivity contribution >= 4 is 34.8 Å². The van der Waals surface area contributed by atoms with Gasteiger partial charge in [0.25, 0.3) is 0 Å². The van der Waals surface area contributed by atoms with Crippen molar-refractivity contribution in [2.45, 2.75) is 20.8 Å². The second-order valence-electron chi connectivity index (χ2n) is 5.79. The molecule has 2 amide bonds. The zero-order chi connectivity index (χ0) is 18.6. The molecule has 25 heavy (non-hydrogen) atoms. The molecule has 0 unspecified atom stereocenters. The molecule has 0 aliphatic rings. The topological polar surface area (TPSA) is 58.6 Å². The molecule has 0 spiro atoms. The third kappa shape index (κ3) is 4.73. The van der Waals surface area contributed by atoms with Crippen molar-refractivity contribution in [2.24, 2.45) is 0 Å². The number of benzene rings is 2. The fraction of sp³-hybridized carbons (Fsp3) is 0.263. The Hall–Kier alpha value is -2.53. The van der Waals surface area contributed by atoms with Crippen molar-refractivity contribution in [3.05, 3.63) is 52.5 Å². The number of anilines is 2. The molecule has 0 atom stereocenters. The highest BCUT2D eigenvalue weighted by Crippen LogP contribution is 2.27. The molecule has 0 radical (unpaired) electrons. The van der Waals surface area contributed by atoms with Gasteiger partial charge >= 0.3 is 0 Å². The maximum absolute atomic E-state index is 12.4. The smallest absolute Gasteiger partial charge is 0.244 e. The minimum atomic E-state index is -0.320. The highest BCUT2D eigenvalue weighted by molar-refractivity contribution is 6.34. The molecule has 0 aliphatic carbocycles. The van der Waals surface area contributed by atoms with E-state index in [0.29, 0.717) is 22.1 Å². The van der Waals surface area contributed by atoms with Crippen molar-refractivity contribution in [3.63, 3.8) is 0 Å². The first-order chi connectivity index (χ1) is 11.8. The van der Waals surface area contributed by atoms with E-state index in [4.69, 9.17) is 16.3 Å². The van der Waals surface area contributed by atoms with Crippen LogP contribution < -0.4 is 15.0 Å². The van der Waals surface area contributed by atoms with Gasteiger partial charge in [-0.1, -0.05) is 17.7 Å². The monoisotopic (exact) mass is 360 g/mol. The SMILES string of the molecule is COc1ccc(N(CC(=O)Nc2c(C)cc(C)cc2Cl)C(C)=O)cc1. The molecule has 0 saturated heterocycles. The van der Waals surface area contributed by atoms with Gasteiger partial charge in [-0.3, -0.25) is 9.59 Å². The standard InChI is InChI=1S/C19H21ClN2O3/c1-12-9-13(2)19(17(20)10-12)21-18(24)11-22(14(3)23)15-5-7-16(25-4)8-6-15/h5-10H,11H2,1-4H3,(H,21,24). The van der Waals surface area contributed by atoms with E-state index in [1.54, 1.807) is 37.4 Å². The third-order valence-corrected chi connectivity index (χ3v) is 4.06. The maximum atomic E-state index is 12.4. The number of methoxy groups -OCH3 is 1. The van der Waals surface area contributed by atoms with Crippen LogP contribution in [0.4, 0.5) is 11.4 Å². The first-order valence-corrected chi connectivity index (χ1v) is 8.18. The molecular formula is C19H21ClN2O3. The lowest BCUT2D eigenvalue weighted by molar-refractivity contribution is -0.120. The molecule has 1 N–H and O–H groups in total. The summed E-state index contributed by atoms with van der Waals surface area (Å²) in [5, 5.41) is 3.27. The van der Waals surface area contributed by atoms with E-state index in [-0.39, 0.29) is 18.4 Å². The summed E-state index contributed by atoms with van der Waals surface area (Å²) in [6, 6.07) is 10.7. The van der Waals surface area contributed by atoms with Gasteiger partial charge in [-0.05, 0) is 55.3 Å². The van der Waals surface area contributed by atoms with E-state index in [1.165, 1.54) is 11.8 Å². The second kappa shape index (κ2) is 8.03. The number of nitrogens with one attached hydrogen (secondary N) is 1. The maximum Gasteiger partial charge on any atom is 0.244 e. The molecule has 6 heteroatoms. The van der Waals surface area contributed by atoms with Crippen LogP contribution in [0.3, 0.4) is 0 Å². The van der Waals surface area contributed by atoms with E-state index in [9.17, 15) is 9.59 Å². The number of amides is 2. The van der Waals surface area contributed by atoms with Crippen LogP contribution in [0, 0.1) is 13.8 Å². The number of ether oxygens (including phenoxy) is 1. The van der Waals surface area contributed by atoms with E-state index >= 15 is 0 Å². The predicted molar refractivity (Wildman–Crippen MR) is 101 cm³/mol. The Morgan fingerprint density at radius 3 is 2.32 bits per heavy atom. The van der Waals surface area contributed by atoms with Gasteiger partial charge in [0.1, 0.15) is 12.3 Å². The first kappa shape index (κ1) is 18.8. The predicted octanol–water partition coefficient (Wildman–Crippen LogP) is 3.96. The Morgan fingerprint density at radius 1 is 1.16 bits per heavy atom. The number of carbonyl (C=O) groups excluding carboxylic acids is 2. The highest BCUT2D eigenvalue weighted by atomic mass is 35.5. The number of halogens is 1. The van der Waals surface area contributed by atoms with Crippen molar-refractivity contribution in [3.8, 4) is 5.75 Å². The molecule has 0 fully saturated rings. The average Bonchev–Trinajstić information content (AvgIpc) is 2.56. The number of rotatable bonds is 5. The Balaban J connectivity index is 2.17. The molecule has 0 aliphatic heterocycles. The van der Waals surface area contributed by atoms with Crippen LogP contribution in [-0.2, 0) is 9.59 Å². The van der Waals surface area contributed by atoms with Crippen LogP contribution in [0.25, 0.3) is 0 Å². The Labute approximate surface area is 152 Å². The lowest BCUT2D eigenvalue weighted by Crippen LogP contribution is -2.36. The normalized spacial score (nSPS) is 10.3. The summed E-state index contributed by atoms with van der Waals surface area (Å²) in [6.07, 6.45) is 0. The molecule has 2 aromatic rings. The Kier molecular flexibility index (Phi) is 6.04.